The Morgan fingerprint density at radius 2 is 2.26 bits per heavy atom. The van der Waals surface area contributed by atoms with Crippen LogP contribution < -0.4 is 10.1 Å². The molecule has 0 saturated heterocycles. The first-order valence-corrected chi connectivity index (χ1v) is 6.87. The standard InChI is InChI=1S/C14H17BrN2O2/c1-9-7-17-14(19-9)10(2)16-8-11-4-5-13(18-3)12(15)6-11/h4-7,10,16H,8H2,1-3H3. The normalized spacial score (nSPS) is 12.4. The molecule has 1 N–H and O–H groups in total. The number of nitrogens with zero attached hydrogens (tertiary/aromatic N) is 1. The van der Waals surface area contributed by atoms with Gasteiger partial charge in [0, 0.05) is 6.54 Å². The van der Waals surface area contributed by atoms with Gasteiger partial charge in [0.15, 0.2) is 0 Å². The maximum absolute atomic E-state index is 5.49. The molecule has 0 saturated carbocycles. The number of aromatic nitrogens is 1. The predicted octanol–water partition coefficient (Wildman–Crippen LogP) is 3.60. The van der Waals surface area contributed by atoms with Crippen molar-refractivity contribution < 1.29 is 9.15 Å². The quantitative estimate of drug-likeness (QED) is 0.912. The Bertz CT molecular complexity index is 554. The molecule has 1 heterocycles. The highest BCUT2D eigenvalue weighted by Crippen LogP contribution is 2.25. The largest absolute Gasteiger partial charge is 0.496 e. The molecule has 1 aromatic heterocycles. The van der Waals surface area contributed by atoms with Gasteiger partial charge >= 0.3 is 0 Å². The minimum Gasteiger partial charge on any atom is -0.496 e. The number of oxazole rings is 1. The van der Waals surface area contributed by atoms with E-state index in [2.05, 4.69) is 26.2 Å². The van der Waals surface area contributed by atoms with Gasteiger partial charge in [0.25, 0.3) is 0 Å². The third-order valence-electron chi connectivity index (χ3n) is 2.84. The third kappa shape index (κ3) is 3.58. The van der Waals surface area contributed by atoms with E-state index in [0.29, 0.717) is 5.89 Å². The third-order valence-corrected chi connectivity index (χ3v) is 3.46. The maximum Gasteiger partial charge on any atom is 0.211 e. The number of hydrogen-bond donors (Lipinski definition) is 1. The van der Waals surface area contributed by atoms with Crippen molar-refractivity contribution in [2.24, 2.45) is 0 Å². The van der Waals surface area contributed by atoms with Crippen LogP contribution in [0, 0.1) is 6.92 Å². The highest BCUT2D eigenvalue weighted by molar-refractivity contribution is 9.10. The van der Waals surface area contributed by atoms with Crippen molar-refractivity contribution in [3.63, 3.8) is 0 Å². The molecule has 1 unspecified atom stereocenters. The second kappa shape index (κ2) is 6.21. The summed E-state index contributed by atoms with van der Waals surface area (Å²) in [5, 5.41) is 3.38. The van der Waals surface area contributed by atoms with Gasteiger partial charge in [-0.2, -0.15) is 0 Å². The van der Waals surface area contributed by atoms with Crippen molar-refractivity contribution in [1.29, 1.82) is 0 Å². The van der Waals surface area contributed by atoms with Crippen LogP contribution in [0.4, 0.5) is 0 Å². The number of aryl methyl sites for hydroxylation is 1. The van der Waals surface area contributed by atoms with E-state index in [1.54, 1.807) is 13.3 Å². The number of methoxy groups -OCH3 is 1. The van der Waals surface area contributed by atoms with Crippen LogP contribution in [-0.4, -0.2) is 12.1 Å². The van der Waals surface area contributed by atoms with E-state index in [1.807, 2.05) is 32.0 Å². The molecule has 102 valence electrons. The van der Waals surface area contributed by atoms with Gasteiger partial charge in [0.2, 0.25) is 5.89 Å². The van der Waals surface area contributed by atoms with Crippen molar-refractivity contribution >= 4 is 15.9 Å². The van der Waals surface area contributed by atoms with E-state index in [0.717, 1.165) is 22.5 Å². The summed E-state index contributed by atoms with van der Waals surface area (Å²) in [6.45, 7) is 4.67. The Morgan fingerprint density at radius 1 is 1.47 bits per heavy atom. The molecule has 1 atom stereocenters. The first-order chi connectivity index (χ1) is 9.10. The van der Waals surface area contributed by atoms with E-state index < -0.39 is 0 Å². The lowest BCUT2D eigenvalue weighted by Gasteiger charge is -2.11. The lowest BCUT2D eigenvalue weighted by atomic mass is 10.2. The van der Waals surface area contributed by atoms with Crippen molar-refractivity contribution in [2.45, 2.75) is 26.4 Å². The van der Waals surface area contributed by atoms with Gasteiger partial charge in [0.05, 0.1) is 23.8 Å². The average Bonchev–Trinajstić information content (AvgIpc) is 2.83. The Kier molecular flexibility index (Phi) is 4.61. The second-order valence-electron chi connectivity index (χ2n) is 4.38. The van der Waals surface area contributed by atoms with Gasteiger partial charge in [-0.05, 0) is 47.5 Å². The summed E-state index contributed by atoms with van der Waals surface area (Å²) in [6, 6.07) is 6.10. The van der Waals surface area contributed by atoms with Crippen LogP contribution in [0.2, 0.25) is 0 Å². The van der Waals surface area contributed by atoms with Gasteiger partial charge < -0.3 is 14.5 Å². The summed E-state index contributed by atoms with van der Waals surface area (Å²) in [7, 11) is 1.66. The highest BCUT2D eigenvalue weighted by atomic mass is 79.9. The summed E-state index contributed by atoms with van der Waals surface area (Å²) < 4.78 is 11.6. The Morgan fingerprint density at radius 3 is 2.84 bits per heavy atom. The summed E-state index contributed by atoms with van der Waals surface area (Å²) in [4.78, 5) is 4.21. The number of benzene rings is 1. The van der Waals surface area contributed by atoms with E-state index in [1.165, 1.54) is 5.56 Å². The molecule has 4 nitrogen and oxygen atoms in total. The molecule has 0 fully saturated rings. The number of ether oxygens (including phenoxy) is 1. The Hall–Kier alpha value is -1.33. The molecule has 0 spiro atoms. The molecular weight excluding hydrogens is 308 g/mol. The Balaban J connectivity index is 1.97. The van der Waals surface area contributed by atoms with E-state index in [4.69, 9.17) is 9.15 Å². The van der Waals surface area contributed by atoms with Crippen molar-refractivity contribution in [1.82, 2.24) is 10.3 Å². The van der Waals surface area contributed by atoms with Crippen molar-refractivity contribution in [3.8, 4) is 5.75 Å². The lowest BCUT2D eigenvalue weighted by Crippen LogP contribution is -2.18. The fourth-order valence-electron chi connectivity index (χ4n) is 1.75. The summed E-state index contributed by atoms with van der Waals surface area (Å²) in [5.74, 6) is 2.38. The monoisotopic (exact) mass is 324 g/mol. The first-order valence-electron chi connectivity index (χ1n) is 6.08. The van der Waals surface area contributed by atoms with Gasteiger partial charge in [-0.3, -0.25) is 0 Å². The fourth-order valence-corrected chi connectivity index (χ4v) is 2.34. The van der Waals surface area contributed by atoms with E-state index >= 15 is 0 Å². The van der Waals surface area contributed by atoms with Crippen LogP contribution >= 0.6 is 15.9 Å². The summed E-state index contributed by atoms with van der Waals surface area (Å²) in [5.41, 5.74) is 1.17. The second-order valence-corrected chi connectivity index (χ2v) is 5.23. The lowest BCUT2D eigenvalue weighted by molar-refractivity contribution is 0.401. The zero-order valence-electron chi connectivity index (χ0n) is 11.2. The number of nitrogens with one attached hydrogen (secondary N) is 1. The summed E-state index contributed by atoms with van der Waals surface area (Å²) in [6.07, 6.45) is 1.73. The maximum atomic E-state index is 5.49. The van der Waals surface area contributed by atoms with Gasteiger partial charge in [-0.15, -0.1) is 0 Å². The van der Waals surface area contributed by atoms with Crippen LogP contribution in [0.25, 0.3) is 0 Å². The molecule has 0 amide bonds. The number of halogens is 1. The van der Waals surface area contributed by atoms with Gasteiger partial charge in [-0.1, -0.05) is 6.07 Å². The molecular formula is C14H17BrN2O2. The fraction of sp³-hybridized carbons (Fsp3) is 0.357. The first kappa shape index (κ1) is 14.1. The average molecular weight is 325 g/mol. The number of rotatable bonds is 5. The van der Waals surface area contributed by atoms with Gasteiger partial charge in [0.1, 0.15) is 11.5 Å². The zero-order chi connectivity index (χ0) is 13.8. The molecule has 1 aromatic carbocycles. The van der Waals surface area contributed by atoms with Crippen LogP contribution in [0.3, 0.4) is 0 Å². The van der Waals surface area contributed by atoms with Crippen molar-refractivity contribution in [2.75, 3.05) is 7.11 Å². The minimum absolute atomic E-state index is 0.0783. The van der Waals surface area contributed by atoms with Crippen molar-refractivity contribution in [3.05, 3.63) is 46.1 Å². The molecule has 2 rings (SSSR count). The topological polar surface area (TPSA) is 47.3 Å². The zero-order valence-corrected chi connectivity index (χ0v) is 12.8. The highest BCUT2D eigenvalue weighted by Gasteiger charge is 2.11. The van der Waals surface area contributed by atoms with E-state index in [9.17, 15) is 0 Å². The molecule has 19 heavy (non-hydrogen) atoms. The molecule has 0 aliphatic rings. The van der Waals surface area contributed by atoms with Crippen LogP contribution in [0.1, 0.15) is 30.2 Å². The number of hydrogen-bond acceptors (Lipinski definition) is 4. The molecule has 0 radical (unpaired) electrons. The SMILES string of the molecule is COc1ccc(CNC(C)c2ncc(C)o2)cc1Br. The predicted molar refractivity (Wildman–Crippen MR) is 77.2 cm³/mol. The molecule has 5 heteroatoms. The van der Waals surface area contributed by atoms with E-state index in [-0.39, 0.29) is 6.04 Å². The van der Waals surface area contributed by atoms with Crippen LogP contribution in [0.15, 0.2) is 33.3 Å². The molecule has 0 bridgehead atoms. The summed E-state index contributed by atoms with van der Waals surface area (Å²) >= 11 is 3.48. The minimum atomic E-state index is 0.0783. The molecule has 2 aromatic rings. The van der Waals surface area contributed by atoms with Gasteiger partial charge in [-0.25, -0.2) is 4.98 Å². The van der Waals surface area contributed by atoms with Crippen LogP contribution in [-0.2, 0) is 6.54 Å². The Labute approximate surface area is 121 Å². The molecule has 0 aliphatic carbocycles. The molecule has 0 aliphatic heterocycles. The smallest absolute Gasteiger partial charge is 0.211 e. The van der Waals surface area contributed by atoms with Crippen LogP contribution in [0.5, 0.6) is 5.75 Å².